The van der Waals surface area contributed by atoms with E-state index in [0.29, 0.717) is 0 Å². The van der Waals surface area contributed by atoms with Crippen LogP contribution in [0.5, 0.6) is 0 Å². The molecule has 4 heteroatoms. The summed E-state index contributed by atoms with van der Waals surface area (Å²) in [6, 6.07) is 0.243. The van der Waals surface area contributed by atoms with Gasteiger partial charge in [-0.2, -0.15) is 0 Å². The van der Waals surface area contributed by atoms with Gasteiger partial charge in [-0.3, -0.25) is 9.59 Å². The minimum atomic E-state index is 0.0515. The van der Waals surface area contributed by atoms with Crippen LogP contribution < -0.4 is 0 Å². The molecule has 0 aliphatic carbocycles. The summed E-state index contributed by atoms with van der Waals surface area (Å²) in [5.74, 6) is 0.573. The molecule has 0 radical (unpaired) electrons. The Kier molecular flexibility index (Phi) is 5.17. The lowest BCUT2D eigenvalue weighted by molar-refractivity contribution is -0.142. The predicted octanol–water partition coefficient (Wildman–Crippen LogP) is 1.75. The first-order valence-corrected chi connectivity index (χ1v) is 6.90. The third-order valence-electron chi connectivity index (χ3n) is 3.77. The van der Waals surface area contributed by atoms with Crippen LogP contribution in [-0.2, 0) is 9.59 Å². The molecule has 1 rings (SSSR count). The highest BCUT2D eigenvalue weighted by Gasteiger charge is 2.30. The van der Waals surface area contributed by atoms with Crippen LogP contribution in [0.4, 0.5) is 0 Å². The van der Waals surface area contributed by atoms with E-state index in [-0.39, 0.29) is 29.7 Å². The molecule has 0 aromatic carbocycles. The molecule has 0 atom stereocenters. The Hall–Kier alpha value is -1.06. The number of carbonyl (C=O) groups excluding carboxylic acids is 2. The van der Waals surface area contributed by atoms with Gasteiger partial charge in [0, 0.05) is 38.0 Å². The maximum absolute atomic E-state index is 12.2. The van der Waals surface area contributed by atoms with Crippen molar-refractivity contribution in [2.24, 2.45) is 11.8 Å². The first-order valence-electron chi connectivity index (χ1n) is 6.90. The van der Waals surface area contributed by atoms with Crippen molar-refractivity contribution in [3.63, 3.8) is 0 Å². The minimum Gasteiger partial charge on any atom is -0.343 e. The molecule has 0 aromatic heterocycles. The van der Waals surface area contributed by atoms with Gasteiger partial charge in [-0.15, -0.1) is 0 Å². The van der Waals surface area contributed by atoms with E-state index in [0.717, 1.165) is 25.9 Å². The Morgan fingerprint density at radius 1 is 1.11 bits per heavy atom. The second-order valence-corrected chi connectivity index (χ2v) is 5.80. The number of carbonyl (C=O) groups is 2. The molecule has 0 aromatic rings. The first-order chi connectivity index (χ1) is 8.34. The molecule has 1 aliphatic rings. The summed E-state index contributed by atoms with van der Waals surface area (Å²) in [6.07, 6.45) is 1.60. The van der Waals surface area contributed by atoms with Crippen molar-refractivity contribution in [2.45, 2.75) is 46.6 Å². The largest absolute Gasteiger partial charge is 0.343 e. The van der Waals surface area contributed by atoms with E-state index in [1.807, 2.05) is 44.5 Å². The zero-order chi connectivity index (χ0) is 13.9. The number of hydrogen-bond acceptors (Lipinski definition) is 2. The van der Waals surface area contributed by atoms with Crippen molar-refractivity contribution in [3.8, 4) is 0 Å². The maximum atomic E-state index is 12.2. The van der Waals surface area contributed by atoms with Gasteiger partial charge in [0.2, 0.25) is 11.8 Å². The van der Waals surface area contributed by atoms with E-state index < -0.39 is 0 Å². The van der Waals surface area contributed by atoms with Gasteiger partial charge in [0.1, 0.15) is 0 Å². The summed E-state index contributed by atoms with van der Waals surface area (Å²) in [7, 11) is 1.86. The van der Waals surface area contributed by atoms with Gasteiger partial charge in [0.25, 0.3) is 0 Å². The summed E-state index contributed by atoms with van der Waals surface area (Å²) >= 11 is 0. The molecular weight excluding hydrogens is 228 g/mol. The van der Waals surface area contributed by atoms with Gasteiger partial charge >= 0.3 is 0 Å². The van der Waals surface area contributed by atoms with E-state index in [9.17, 15) is 9.59 Å². The SMILES string of the molecule is CC(C)C(=O)N1CCC(C(=O)N(C)C(C)C)CC1. The fraction of sp³-hybridized carbons (Fsp3) is 0.857. The molecule has 104 valence electrons. The van der Waals surface area contributed by atoms with Crippen molar-refractivity contribution in [1.82, 2.24) is 9.80 Å². The average Bonchev–Trinajstić information content (AvgIpc) is 2.36. The summed E-state index contributed by atoms with van der Waals surface area (Å²) in [5.41, 5.74) is 0. The summed E-state index contributed by atoms with van der Waals surface area (Å²) < 4.78 is 0. The fourth-order valence-corrected chi connectivity index (χ4v) is 2.25. The summed E-state index contributed by atoms with van der Waals surface area (Å²) in [6.45, 7) is 9.33. The van der Waals surface area contributed by atoms with Crippen molar-refractivity contribution in [1.29, 1.82) is 0 Å². The minimum absolute atomic E-state index is 0.0515. The normalized spacial score (nSPS) is 17.4. The van der Waals surface area contributed by atoms with E-state index in [4.69, 9.17) is 0 Å². The van der Waals surface area contributed by atoms with Crippen LogP contribution in [0.3, 0.4) is 0 Å². The number of rotatable bonds is 3. The van der Waals surface area contributed by atoms with Crippen LogP contribution in [0.1, 0.15) is 40.5 Å². The molecule has 0 N–H and O–H groups in total. The van der Waals surface area contributed by atoms with Crippen LogP contribution in [0.15, 0.2) is 0 Å². The van der Waals surface area contributed by atoms with Crippen LogP contribution in [0, 0.1) is 11.8 Å². The number of nitrogens with zero attached hydrogens (tertiary/aromatic N) is 2. The van der Waals surface area contributed by atoms with E-state index in [1.165, 1.54) is 0 Å². The molecule has 1 saturated heterocycles. The van der Waals surface area contributed by atoms with Gasteiger partial charge in [-0.05, 0) is 26.7 Å². The Labute approximate surface area is 110 Å². The quantitative estimate of drug-likeness (QED) is 0.770. The number of amides is 2. The van der Waals surface area contributed by atoms with Gasteiger partial charge in [0.15, 0.2) is 0 Å². The third kappa shape index (κ3) is 3.47. The first kappa shape index (κ1) is 15.0. The Morgan fingerprint density at radius 3 is 2.00 bits per heavy atom. The van der Waals surface area contributed by atoms with Crippen molar-refractivity contribution < 1.29 is 9.59 Å². The van der Waals surface area contributed by atoms with E-state index in [1.54, 1.807) is 0 Å². The lowest BCUT2D eigenvalue weighted by Crippen LogP contribution is -2.45. The molecule has 0 saturated carbocycles. The van der Waals surface area contributed by atoms with Crippen molar-refractivity contribution in [3.05, 3.63) is 0 Å². The molecular formula is C14H26N2O2. The van der Waals surface area contributed by atoms with Gasteiger partial charge in [0.05, 0.1) is 0 Å². The lowest BCUT2D eigenvalue weighted by atomic mass is 9.94. The molecule has 0 unspecified atom stereocenters. The molecule has 4 nitrogen and oxygen atoms in total. The van der Waals surface area contributed by atoms with Gasteiger partial charge < -0.3 is 9.80 Å². The van der Waals surface area contributed by atoms with Gasteiger partial charge in [-0.1, -0.05) is 13.8 Å². The highest BCUT2D eigenvalue weighted by molar-refractivity contribution is 5.80. The standard InChI is InChI=1S/C14H26N2O2/c1-10(2)13(17)16-8-6-12(7-9-16)14(18)15(5)11(3)4/h10-12H,6-9H2,1-5H3. The number of piperidine rings is 1. The second-order valence-electron chi connectivity index (χ2n) is 5.80. The number of likely N-dealkylation sites (tertiary alicyclic amines) is 1. The Bertz CT molecular complexity index is 305. The van der Waals surface area contributed by atoms with Gasteiger partial charge in [-0.25, -0.2) is 0 Å². The highest BCUT2D eigenvalue weighted by atomic mass is 16.2. The molecule has 1 fully saturated rings. The average molecular weight is 254 g/mol. The van der Waals surface area contributed by atoms with Crippen molar-refractivity contribution >= 4 is 11.8 Å². The Balaban J connectivity index is 2.49. The lowest BCUT2D eigenvalue weighted by Gasteiger charge is -2.35. The number of hydrogen-bond donors (Lipinski definition) is 0. The van der Waals surface area contributed by atoms with Crippen LogP contribution in [0.25, 0.3) is 0 Å². The maximum Gasteiger partial charge on any atom is 0.225 e. The van der Waals surface area contributed by atoms with E-state index >= 15 is 0 Å². The second kappa shape index (κ2) is 6.21. The smallest absolute Gasteiger partial charge is 0.225 e. The zero-order valence-electron chi connectivity index (χ0n) is 12.3. The molecule has 1 heterocycles. The van der Waals surface area contributed by atoms with Crippen LogP contribution in [-0.4, -0.2) is 47.8 Å². The molecule has 0 bridgehead atoms. The molecule has 18 heavy (non-hydrogen) atoms. The topological polar surface area (TPSA) is 40.6 Å². The van der Waals surface area contributed by atoms with Crippen LogP contribution >= 0.6 is 0 Å². The predicted molar refractivity (Wildman–Crippen MR) is 72.0 cm³/mol. The van der Waals surface area contributed by atoms with E-state index in [2.05, 4.69) is 0 Å². The zero-order valence-corrected chi connectivity index (χ0v) is 12.3. The summed E-state index contributed by atoms with van der Waals surface area (Å²) in [4.78, 5) is 27.7. The van der Waals surface area contributed by atoms with Crippen LogP contribution in [0.2, 0.25) is 0 Å². The van der Waals surface area contributed by atoms with Crippen molar-refractivity contribution in [2.75, 3.05) is 20.1 Å². The summed E-state index contributed by atoms with van der Waals surface area (Å²) in [5, 5.41) is 0. The Morgan fingerprint density at radius 2 is 1.61 bits per heavy atom. The highest BCUT2D eigenvalue weighted by Crippen LogP contribution is 2.21. The monoisotopic (exact) mass is 254 g/mol. The molecule has 0 spiro atoms. The fourth-order valence-electron chi connectivity index (χ4n) is 2.25. The third-order valence-corrected chi connectivity index (χ3v) is 3.77. The molecule has 2 amide bonds. The molecule has 1 aliphatic heterocycles.